The molecule has 1 aromatic carbocycles. The Morgan fingerprint density at radius 2 is 2.15 bits per heavy atom. The molecule has 0 aliphatic heterocycles. The lowest BCUT2D eigenvalue weighted by atomic mass is 10.1. The maximum Gasteiger partial charge on any atom is 0.269 e. The Bertz CT molecular complexity index is 688. The van der Waals surface area contributed by atoms with Gasteiger partial charge in [-0.05, 0) is 46.6 Å². The zero-order valence-corrected chi connectivity index (χ0v) is 12.0. The van der Waals surface area contributed by atoms with Crippen LogP contribution in [-0.2, 0) is 0 Å². The number of nitro benzene ring substituents is 1. The SMILES string of the molecule is Cc1cc([N+](=O)[O-])ccc1NC(=O)c1cccnc1Br. The fraction of sp³-hybridized carbons (Fsp3) is 0.0769. The van der Waals surface area contributed by atoms with Gasteiger partial charge >= 0.3 is 0 Å². The Balaban J connectivity index is 2.25. The highest BCUT2D eigenvalue weighted by Crippen LogP contribution is 2.22. The second-order valence-electron chi connectivity index (χ2n) is 4.05. The molecule has 0 aliphatic rings. The zero-order valence-electron chi connectivity index (χ0n) is 10.5. The molecule has 102 valence electrons. The molecule has 2 aromatic rings. The van der Waals surface area contributed by atoms with E-state index in [1.54, 1.807) is 25.3 Å². The van der Waals surface area contributed by atoms with Crippen LogP contribution in [0.25, 0.3) is 0 Å². The quantitative estimate of drug-likeness (QED) is 0.529. The van der Waals surface area contributed by atoms with E-state index in [4.69, 9.17) is 0 Å². The van der Waals surface area contributed by atoms with Crippen LogP contribution in [0.2, 0.25) is 0 Å². The van der Waals surface area contributed by atoms with Crippen LogP contribution in [0.15, 0.2) is 41.1 Å². The molecule has 7 heteroatoms. The van der Waals surface area contributed by atoms with Gasteiger partial charge in [-0.15, -0.1) is 0 Å². The fourth-order valence-corrected chi connectivity index (χ4v) is 2.08. The number of aryl methyl sites for hydroxylation is 1. The first-order valence-electron chi connectivity index (χ1n) is 5.66. The molecule has 0 atom stereocenters. The van der Waals surface area contributed by atoms with Gasteiger partial charge in [0.05, 0.1) is 10.5 Å². The van der Waals surface area contributed by atoms with Crippen LogP contribution >= 0.6 is 15.9 Å². The molecule has 20 heavy (non-hydrogen) atoms. The van der Waals surface area contributed by atoms with E-state index in [1.807, 2.05) is 0 Å². The molecule has 0 aliphatic carbocycles. The monoisotopic (exact) mass is 335 g/mol. The van der Waals surface area contributed by atoms with Crippen LogP contribution < -0.4 is 5.32 Å². The number of anilines is 1. The lowest BCUT2D eigenvalue weighted by Gasteiger charge is -2.08. The molecule has 1 heterocycles. The minimum absolute atomic E-state index is 0.0111. The largest absolute Gasteiger partial charge is 0.322 e. The number of benzene rings is 1. The number of nitro groups is 1. The smallest absolute Gasteiger partial charge is 0.269 e. The van der Waals surface area contributed by atoms with Gasteiger partial charge in [-0.3, -0.25) is 14.9 Å². The molecule has 0 radical (unpaired) electrons. The number of carbonyl (C=O) groups excluding carboxylic acids is 1. The molecule has 0 saturated heterocycles. The van der Waals surface area contributed by atoms with Crippen molar-refractivity contribution in [2.75, 3.05) is 5.32 Å². The van der Waals surface area contributed by atoms with Crippen molar-refractivity contribution in [3.63, 3.8) is 0 Å². The molecule has 0 fully saturated rings. The standard InChI is InChI=1S/C13H10BrN3O3/c1-8-7-9(17(19)20)4-5-11(8)16-13(18)10-3-2-6-15-12(10)14/h2-7H,1H3,(H,16,18). The van der Waals surface area contributed by atoms with E-state index in [2.05, 4.69) is 26.2 Å². The minimum Gasteiger partial charge on any atom is -0.322 e. The highest BCUT2D eigenvalue weighted by atomic mass is 79.9. The first-order valence-corrected chi connectivity index (χ1v) is 6.45. The molecule has 1 amide bonds. The second-order valence-corrected chi connectivity index (χ2v) is 4.80. The maximum absolute atomic E-state index is 12.1. The van der Waals surface area contributed by atoms with Crippen LogP contribution in [0, 0.1) is 17.0 Å². The number of amides is 1. The van der Waals surface area contributed by atoms with Crippen molar-refractivity contribution in [1.82, 2.24) is 4.98 Å². The number of rotatable bonds is 3. The fourth-order valence-electron chi connectivity index (χ4n) is 1.65. The van der Waals surface area contributed by atoms with Crippen molar-refractivity contribution in [1.29, 1.82) is 0 Å². The highest BCUT2D eigenvalue weighted by molar-refractivity contribution is 9.10. The van der Waals surface area contributed by atoms with Crippen molar-refractivity contribution < 1.29 is 9.72 Å². The maximum atomic E-state index is 12.1. The van der Waals surface area contributed by atoms with Gasteiger partial charge in [0.25, 0.3) is 11.6 Å². The number of carbonyl (C=O) groups is 1. The van der Waals surface area contributed by atoms with Crippen molar-refractivity contribution >= 4 is 33.2 Å². The molecule has 1 aromatic heterocycles. The lowest BCUT2D eigenvalue weighted by molar-refractivity contribution is -0.384. The van der Waals surface area contributed by atoms with Gasteiger partial charge in [0.2, 0.25) is 0 Å². The Labute approximate surface area is 123 Å². The summed E-state index contributed by atoms with van der Waals surface area (Å²) in [5, 5.41) is 13.4. The van der Waals surface area contributed by atoms with Gasteiger partial charge in [-0.1, -0.05) is 0 Å². The number of nitrogens with one attached hydrogen (secondary N) is 1. The molecule has 2 rings (SSSR count). The van der Waals surface area contributed by atoms with Crippen LogP contribution in [0.4, 0.5) is 11.4 Å². The van der Waals surface area contributed by atoms with Gasteiger partial charge in [0.15, 0.2) is 0 Å². The minimum atomic E-state index is -0.476. The van der Waals surface area contributed by atoms with E-state index >= 15 is 0 Å². The molecule has 0 saturated carbocycles. The van der Waals surface area contributed by atoms with E-state index in [0.29, 0.717) is 21.4 Å². The topological polar surface area (TPSA) is 85.1 Å². The Hall–Kier alpha value is -2.28. The summed E-state index contributed by atoms with van der Waals surface area (Å²) in [5.41, 5.74) is 1.53. The number of hydrogen-bond acceptors (Lipinski definition) is 4. The van der Waals surface area contributed by atoms with Gasteiger partial charge in [0.1, 0.15) is 4.60 Å². The third-order valence-electron chi connectivity index (χ3n) is 2.67. The van der Waals surface area contributed by atoms with Crippen LogP contribution in [-0.4, -0.2) is 15.8 Å². The highest BCUT2D eigenvalue weighted by Gasteiger charge is 2.13. The number of non-ortho nitro benzene ring substituents is 1. The van der Waals surface area contributed by atoms with E-state index in [0.717, 1.165) is 0 Å². The van der Waals surface area contributed by atoms with E-state index in [1.165, 1.54) is 18.2 Å². The Morgan fingerprint density at radius 1 is 1.40 bits per heavy atom. The van der Waals surface area contributed by atoms with Gasteiger partial charge in [0, 0.05) is 24.0 Å². The van der Waals surface area contributed by atoms with Crippen molar-refractivity contribution in [3.05, 3.63) is 62.4 Å². The molecule has 0 bridgehead atoms. The van der Waals surface area contributed by atoms with Crippen molar-refractivity contribution in [2.45, 2.75) is 6.92 Å². The molecule has 0 spiro atoms. The molecular weight excluding hydrogens is 326 g/mol. The summed E-state index contributed by atoms with van der Waals surface area (Å²) in [6.07, 6.45) is 1.57. The van der Waals surface area contributed by atoms with Gasteiger partial charge < -0.3 is 5.32 Å². The van der Waals surface area contributed by atoms with Crippen molar-refractivity contribution in [3.8, 4) is 0 Å². The zero-order chi connectivity index (χ0) is 14.7. The van der Waals surface area contributed by atoms with Gasteiger partial charge in [-0.25, -0.2) is 4.98 Å². The predicted octanol–water partition coefficient (Wildman–Crippen LogP) is 3.31. The third kappa shape index (κ3) is 3.00. The average molecular weight is 336 g/mol. The summed E-state index contributed by atoms with van der Waals surface area (Å²) in [6, 6.07) is 7.56. The number of hydrogen-bond donors (Lipinski definition) is 1. The predicted molar refractivity (Wildman–Crippen MR) is 77.7 cm³/mol. The molecule has 1 N–H and O–H groups in total. The number of pyridine rings is 1. The first-order chi connectivity index (χ1) is 9.49. The molecular formula is C13H10BrN3O3. The second kappa shape index (κ2) is 5.79. The van der Waals surface area contributed by atoms with Crippen molar-refractivity contribution in [2.24, 2.45) is 0 Å². The average Bonchev–Trinajstić information content (AvgIpc) is 2.41. The summed E-state index contributed by atoms with van der Waals surface area (Å²) in [7, 11) is 0. The Kier molecular flexibility index (Phi) is 4.09. The summed E-state index contributed by atoms with van der Waals surface area (Å²) in [5.74, 6) is -0.332. The lowest BCUT2D eigenvalue weighted by Crippen LogP contribution is -2.13. The van der Waals surface area contributed by atoms with Gasteiger partial charge in [-0.2, -0.15) is 0 Å². The summed E-state index contributed by atoms with van der Waals surface area (Å²) in [4.78, 5) is 26.2. The Morgan fingerprint density at radius 3 is 2.75 bits per heavy atom. The first kappa shape index (κ1) is 14.1. The third-order valence-corrected chi connectivity index (χ3v) is 3.30. The molecule has 6 nitrogen and oxygen atoms in total. The van der Waals surface area contributed by atoms with Crippen LogP contribution in [0.3, 0.4) is 0 Å². The number of halogens is 1. The summed E-state index contributed by atoms with van der Waals surface area (Å²) in [6.45, 7) is 1.70. The number of aromatic nitrogens is 1. The van der Waals surface area contributed by atoms with E-state index < -0.39 is 4.92 Å². The van der Waals surface area contributed by atoms with E-state index in [9.17, 15) is 14.9 Å². The summed E-state index contributed by atoms with van der Waals surface area (Å²) < 4.78 is 0.442. The normalized spacial score (nSPS) is 10.1. The van der Waals surface area contributed by atoms with Crippen LogP contribution in [0.5, 0.6) is 0 Å². The van der Waals surface area contributed by atoms with E-state index in [-0.39, 0.29) is 11.6 Å². The molecule has 0 unspecified atom stereocenters. The van der Waals surface area contributed by atoms with Crippen LogP contribution in [0.1, 0.15) is 15.9 Å². The number of nitrogens with zero attached hydrogens (tertiary/aromatic N) is 2. The summed E-state index contributed by atoms with van der Waals surface area (Å²) >= 11 is 3.20.